The van der Waals surface area contributed by atoms with E-state index in [1.54, 1.807) is 24.3 Å². The normalized spacial score (nSPS) is 8.33. The zero-order chi connectivity index (χ0) is 26.5. The molecule has 0 saturated heterocycles. The van der Waals surface area contributed by atoms with Gasteiger partial charge in [-0.1, -0.05) is 29.9 Å². The van der Waals surface area contributed by atoms with Crippen molar-refractivity contribution >= 4 is 16.9 Å². The topological polar surface area (TPSA) is 102 Å². The minimum atomic E-state index is -0.230. The first kappa shape index (κ1) is 26.4. The van der Waals surface area contributed by atoms with Crippen molar-refractivity contribution < 1.29 is 0 Å². The zero-order valence-electron chi connectivity index (χ0n) is 20.3. The predicted molar refractivity (Wildman–Crippen MR) is 140 cm³/mol. The van der Waals surface area contributed by atoms with Gasteiger partial charge in [-0.25, -0.2) is 0 Å². The molecule has 0 fully saturated rings. The van der Waals surface area contributed by atoms with Crippen LogP contribution in [0.1, 0.15) is 11.1 Å². The van der Waals surface area contributed by atoms with Crippen LogP contribution in [0, 0.1) is 80.8 Å². The maximum absolute atomic E-state index is 9.36. The Labute approximate surface area is 212 Å². The van der Waals surface area contributed by atoms with Gasteiger partial charge in [0.1, 0.15) is 35.4 Å². The van der Waals surface area contributed by atoms with Crippen LogP contribution in [0.15, 0.2) is 65.3 Å². The summed E-state index contributed by atoms with van der Waals surface area (Å²) in [5.41, 5.74) is 3.15. The Balaban J connectivity index is 2.47. The average molecular weight is 465 g/mol. The smallest absolute Gasteiger partial charge is 0.153 e. The van der Waals surface area contributed by atoms with Crippen molar-refractivity contribution in [3.63, 3.8) is 0 Å². The van der Waals surface area contributed by atoms with Crippen molar-refractivity contribution in [3.05, 3.63) is 76.4 Å². The lowest BCUT2D eigenvalue weighted by Crippen LogP contribution is -2.08. The van der Waals surface area contributed by atoms with E-state index < -0.39 is 0 Å². The number of nitriles is 4. The van der Waals surface area contributed by atoms with E-state index in [9.17, 15) is 21.0 Å². The van der Waals surface area contributed by atoms with Crippen LogP contribution in [0.4, 0.5) is 11.4 Å². The van der Waals surface area contributed by atoms with Gasteiger partial charge in [0.2, 0.25) is 0 Å². The molecule has 0 aromatic heterocycles. The van der Waals surface area contributed by atoms with Gasteiger partial charge in [-0.05, 0) is 59.7 Å². The molecular formula is C30H20N6. The number of rotatable bonds is 3. The van der Waals surface area contributed by atoms with Gasteiger partial charge in [0.15, 0.2) is 5.57 Å². The molecule has 0 aliphatic heterocycles. The standard InChI is InChI=1S/C30H20N6/c1-35(2)28-15-10-23(11-16-28)9-12-24(26(19-31)20-32)7-5-6-8-30(27(21-33)22-34)25-13-17-29(18-14-25)36(3)4/h10-11,13-18H,1-4H3. The van der Waals surface area contributed by atoms with Gasteiger partial charge in [-0.3, -0.25) is 0 Å². The molecule has 2 rings (SSSR count). The second-order valence-corrected chi connectivity index (χ2v) is 7.58. The lowest BCUT2D eigenvalue weighted by atomic mass is 10.0. The summed E-state index contributed by atoms with van der Waals surface area (Å²) in [4.78, 5) is 3.88. The molecule has 0 amide bonds. The number of allylic oxidation sites excluding steroid dienone is 4. The largest absolute Gasteiger partial charge is 0.378 e. The molecule has 0 N–H and O–H groups in total. The number of hydrogen-bond acceptors (Lipinski definition) is 6. The van der Waals surface area contributed by atoms with Crippen molar-refractivity contribution in [1.29, 1.82) is 21.0 Å². The summed E-state index contributed by atoms with van der Waals surface area (Å²) in [5.74, 6) is 16.3. The van der Waals surface area contributed by atoms with Gasteiger partial charge in [0, 0.05) is 45.1 Å². The molecule has 6 heteroatoms. The number of benzene rings is 2. The first-order valence-electron chi connectivity index (χ1n) is 10.5. The number of anilines is 2. The van der Waals surface area contributed by atoms with Crippen molar-refractivity contribution in [2.75, 3.05) is 38.0 Å². The Kier molecular flexibility index (Phi) is 9.54. The van der Waals surface area contributed by atoms with Gasteiger partial charge < -0.3 is 9.80 Å². The Morgan fingerprint density at radius 1 is 0.556 bits per heavy atom. The fourth-order valence-corrected chi connectivity index (χ4v) is 2.80. The van der Waals surface area contributed by atoms with Gasteiger partial charge in [0.05, 0.1) is 5.57 Å². The Morgan fingerprint density at radius 2 is 1.03 bits per heavy atom. The fourth-order valence-electron chi connectivity index (χ4n) is 2.80. The van der Waals surface area contributed by atoms with Crippen LogP contribution in [0.25, 0.3) is 5.57 Å². The average Bonchev–Trinajstić information content (AvgIpc) is 2.89. The van der Waals surface area contributed by atoms with Crippen LogP contribution < -0.4 is 9.80 Å². The molecule has 0 saturated carbocycles. The maximum atomic E-state index is 9.36. The van der Waals surface area contributed by atoms with Crippen molar-refractivity contribution in [2.45, 2.75) is 0 Å². The summed E-state index contributed by atoms with van der Waals surface area (Å²) in [7, 11) is 7.67. The summed E-state index contributed by atoms with van der Waals surface area (Å²) in [6, 6.07) is 22.0. The molecule has 0 heterocycles. The molecule has 2 aromatic rings. The van der Waals surface area contributed by atoms with Crippen LogP contribution in [0.3, 0.4) is 0 Å². The first-order chi connectivity index (χ1) is 17.3. The zero-order valence-corrected chi connectivity index (χ0v) is 20.3. The maximum Gasteiger partial charge on any atom is 0.153 e. The van der Waals surface area contributed by atoms with E-state index in [-0.39, 0.29) is 22.3 Å². The van der Waals surface area contributed by atoms with E-state index in [1.165, 1.54) is 0 Å². The summed E-state index contributed by atoms with van der Waals surface area (Å²) in [6.07, 6.45) is 0. The lowest BCUT2D eigenvalue weighted by Gasteiger charge is -2.12. The monoisotopic (exact) mass is 464 g/mol. The van der Waals surface area contributed by atoms with Crippen LogP contribution in [-0.2, 0) is 0 Å². The van der Waals surface area contributed by atoms with Crippen molar-refractivity contribution in [1.82, 2.24) is 0 Å². The molecule has 6 nitrogen and oxygen atoms in total. The van der Waals surface area contributed by atoms with Crippen LogP contribution in [-0.4, -0.2) is 28.2 Å². The Morgan fingerprint density at radius 3 is 1.50 bits per heavy atom. The Hall–Kier alpha value is -5.84. The molecule has 0 aliphatic carbocycles. The Bertz CT molecular complexity index is 1520. The molecule has 0 aliphatic rings. The minimum Gasteiger partial charge on any atom is -0.378 e. The molecule has 0 spiro atoms. The summed E-state index contributed by atoms with van der Waals surface area (Å²) >= 11 is 0. The second kappa shape index (κ2) is 13.0. The summed E-state index contributed by atoms with van der Waals surface area (Å²) in [5, 5.41) is 37.3. The molecule has 36 heavy (non-hydrogen) atoms. The van der Waals surface area contributed by atoms with E-state index in [1.807, 2.05) is 86.5 Å². The van der Waals surface area contributed by atoms with E-state index in [0.29, 0.717) is 11.1 Å². The summed E-state index contributed by atoms with van der Waals surface area (Å²) < 4.78 is 0. The molecular weight excluding hydrogens is 444 g/mol. The van der Waals surface area contributed by atoms with Gasteiger partial charge >= 0.3 is 0 Å². The molecule has 2 aromatic carbocycles. The van der Waals surface area contributed by atoms with Gasteiger partial charge in [-0.2, -0.15) is 21.0 Å². The van der Waals surface area contributed by atoms with Crippen molar-refractivity contribution in [2.24, 2.45) is 0 Å². The van der Waals surface area contributed by atoms with E-state index in [2.05, 4.69) is 35.5 Å². The SMILES string of the molecule is CN(C)c1ccc(C#CC(C#CC#CC(=C(C#N)C#N)c2ccc(N(C)C)cc2)=C(C#N)C#N)cc1. The number of hydrogen-bond donors (Lipinski definition) is 0. The lowest BCUT2D eigenvalue weighted by molar-refractivity contribution is 1.13. The second-order valence-electron chi connectivity index (χ2n) is 7.58. The third kappa shape index (κ3) is 7.08. The highest BCUT2D eigenvalue weighted by molar-refractivity contribution is 5.87. The fraction of sp³-hybridized carbons (Fsp3) is 0.133. The minimum absolute atomic E-state index is 0.0349. The van der Waals surface area contributed by atoms with Crippen LogP contribution in [0.5, 0.6) is 0 Å². The third-order valence-electron chi connectivity index (χ3n) is 4.77. The highest BCUT2D eigenvalue weighted by Crippen LogP contribution is 2.21. The first-order valence-corrected chi connectivity index (χ1v) is 10.5. The van der Waals surface area contributed by atoms with Gasteiger partial charge in [-0.15, -0.1) is 0 Å². The van der Waals surface area contributed by atoms with Crippen LogP contribution in [0.2, 0.25) is 0 Å². The van der Waals surface area contributed by atoms with E-state index in [4.69, 9.17) is 0 Å². The molecule has 0 unspecified atom stereocenters. The molecule has 170 valence electrons. The summed E-state index contributed by atoms with van der Waals surface area (Å²) in [6.45, 7) is 0. The number of nitrogens with zero attached hydrogens (tertiary/aromatic N) is 6. The van der Waals surface area contributed by atoms with Crippen LogP contribution >= 0.6 is 0 Å². The molecule has 0 atom stereocenters. The van der Waals surface area contributed by atoms with Crippen molar-refractivity contribution in [3.8, 4) is 59.8 Å². The highest BCUT2D eigenvalue weighted by Gasteiger charge is 2.07. The quantitative estimate of drug-likeness (QED) is 0.502. The van der Waals surface area contributed by atoms with E-state index in [0.717, 1.165) is 11.4 Å². The predicted octanol–water partition coefficient (Wildman–Crippen LogP) is 4.02. The van der Waals surface area contributed by atoms with E-state index >= 15 is 0 Å². The third-order valence-corrected chi connectivity index (χ3v) is 4.77. The molecule has 0 radical (unpaired) electrons. The molecule has 0 bridgehead atoms. The highest BCUT2D eigenvalue weighted by atomic mass is 15.1. The van der Waals surface area contributed by atoms with Gasteiger partial charge in [0.25, 0.3) is 0 Å².